The van der Waals surface area contributed by atoms with Gasteiger partial charge in [-0.2, -0.15) is 17.5 Å². The minimum absolute atomic E-state index is 0.290. The van der Waals surface area contributed by atoms with E-state index in [-0.39, 0.29) is 12.5 Å². The number of nitrogens with zero attached hydrogens (tertiary/aromatic N) is 1. The second kappa shape index (κ2) is 10.6. The summed E-state index contributed by atoms with van der Waals surface area (Å²) < 4.78 is 80.0. The largest absolute Gasteiger partial charge is 0.482 e. The Labute approximate surface area is 216 Å². The van der Waals surface area contributed by atoms with Crippen LogP contribution in [0.25, 0.3) is 0 Å². The first-order valence-electron chi connectivity index (χ1n) is 12.2. The number of alkyl halides is 3. The fourth-order valence-electron chi connectivity index (χ4n) is 4.41. The van der Waals surface area contributed by atoms with E-state index in [1.165, 1.54) is 13.1 Å². The highest BCUT2D eigenvalue weighted by Crippen LogP contribution is 2.41. The Kier molecular flexibility index (Phi) is 8.34. The minimum Gasteiger partial charge on any atom is -0.482 e. The molecule has 1 aliphatic rings. The third-order valence-electron chi connectivity index (χ3n) is 6.24. The van der Waals surface area contributed by atoms with Crippen LogP contribution in [0.4, 0.5) is 13.2 Å². The number of benzene rings is 2. The molecule has 0 aromatic heterocycles. The Balaban J connectivity index is 1.94. The fraction of sp³-hybridized carbons (Fsp3) is 0.519. The molecule has 2 aromatic carbocycles. The van der Waals surface area contributed by atoms with Gasteiger partial charge in [0.05, 0.1) is 16.5 Å². The van der Waals surface area contributed by atoms with Gasteiger partial charge in [0.15, 0.2) is 6.61 Å². The third-order valence-corrected chi connectivity index (χ3v) is 8.08. The Bertz CT molecular complexity index is 1250. The van der Waals surface area contributed by atoms with E-state index in [2.05, 4.69) is 0 Å². The van der Waals surface area contributed by atoms with E-state index in [9.17, 15) is 26.4 Å². The van der Waals surface area contributed by atoms with Gasteiger partial charge in [-0.05, 0) is 86.9 Å². The van der Waals surface area contributed by atoms with Gasteiger partial charge in [0.25, 0.3) is 0 Å². The molecule has 37 heavy (non-hydrogen) atoms. The molecule has 0 fully saturated rings. The molecule has 0 aliphatic heterocycles. The summed E-state index contributed by atoms with van der Waals surface area (Å²) in [6.45, 7) is 8.40. The van der Waals surface area contributed by atoms with Crippen molar-refractivity contribution < 1.29 is 35.9 Å². The van der Waals surface area contributed by atoms with Gasteiger partial charge in [-0.3, -0.25) is 0 Å². The van der Waals surface area contributed by atoms with Gasteiger partial charge < -0.3 is 9.47 Å². The zero-order valence-electron chi connectivity index (χ0n) is 22.0. The number of carbonyl (C=O) groups is 1. The molecule has 0 N–H and O–H groups in total. The second-order valence-corrected chi connectivity index (χ2v) is 12.6. The molecular formula is C27H34F3NO5S. The zero-order valence-corrected chi connectivity index (χ0v) is 22.8. The van der Waals surface area contributed by atoms with E-state index in [1.807, 2.05) is 0 Å². The van der Waals surface area contributed by atoms with E-state index in [4.69, 9.17) is 9.47 Å². The lowest BCUT2D eigenvalue weighted by Gasteiger charge is -2.33. The van der Waals surface area contributed by atoms with Crippen molar-refractivity contribution in [3.63, 3.8) is 0 Å². The van der Waals surface area contributed by atoms with Crippen molar-refractivity contribution in [2.24, 2.45) is 0 Å². The number of hydrogen-bond acceptors (Lipinski definition) is 5. The van der Waals surface area contributed by atoms with Crippen molar-refractivity contribution in [1.29, 1.82) is 0 Å². The number of rotatable bonds is 7. The van der Waals surface area contributed by atoms with Crippen molar-refractivity contribution in [3.8, 4) is 5.75 Å². The van der Waals surface area contributed by atoms with Crippen molar-refractivity contribution >= 4 is 16.0 Å². The quantitative estimate of drug-likeness (QED) is 0.388. The summed E-state index contributed by atoms with van der Waals surface area (Å²) in [5.74, 6) is -0.357. The highest BCUT2D eigenvalue weighted by molar-refractivity contribution is 7.89. The van der Waals surface area contributed by atoms with E-state index in [0.717, 1.165) is 15.9 Å². The summed E-state index contributed by atoms with van der Waals surface area (Å²) in [5.41, 5.74) is 0.125. The van der Waals surface area contributed by atoms with Crippen LogP contribution in [0.3, 0.4) is 0 Å². The predicted molar refractivity (Wildman–Crippen MR) is 134 cm³/mol. The molecule has 1 aliphatic carbocycles. The standard InChI is InChI=1S/C27H34F3NO5S/c1-17(2)18-13-19(27(28,29)30)15-20(14-18)37(33,34)31(6)23-11-7-10-22-21(23)9-8-12-24(22)35-16-25(32)36-26(3,4)5/h8-9,12-15,17,23H,7,10-11,16H2,1-6H3. The van der Waals surface area contributed by atoms with Crippen LogP contribution in [0.5, 0.6) is 5.75 Å². The van der Waals surface area contributed by atoms with E-state index in [1.54, 1.807) is 52.8 Å². The normalized spacial score (nSPS) is 16.6. The first-order chi connectivity index (χ1) is 17.0. The number of ether oxygens (including phenoxy) is 2. The lowest BCUT2D eigenvalue weighted by Crippen LogP contribution is -2.34. The van der Waals surface area contributed by atoms with Crippen LogP contribution < -0.4 is 4.74 Å². The molecule has 3 rings (SSSR count). The van der Waals surface area contributed by atoms with Gasteiger partial charge in [-0.1, -0.05) is 26.0 Å². The monoisotopic (exact) mass is 541 g/mol. The van der Waals surface area contributed by atoms with Crippen LogP contribution in [-0.2, 0) is 32.2 Å². The van der Waals surface area contributed by atoms with Crippen LogP contribution in [0.2, 0.25) is 0 Å². The fourth-order valence-corrected chi connectivity index (χ4v) is 5.86. The van der Waals surface area contributed by atoms with Gasteiger partial charge in [-0.15, -0.1) is 0 Å². The predicted octanol–water partition coefficient (Wildman–Crippen LogP) is 6.25. The molecule has 1 atom stereocenters. The van der Waals surface area contributed by atoms with Gasteiger partial charge in [0.2, 0.25) is 10.0 Å². The maximum Gasteiger partial charge on any atom is 0.416 e. The van der Waals surface area contributed by atoms with Gasteiger partial charge in [0.1, 0.15) is 11.4 Å². The van der Waals surface area contributed by atoms with Crippen LogP contribution in [-0.4, -0.2) is 37.9 Å². The molecule has 204 valence electrons. The molecule has 0 spiro atoms. The SMILES string of the molecule is CC(C)c1cc(C(F)(F)F)cc(S(=O)(=O)N(C)C2CCCc3c(OCC(=O)OC(C)(C)C)cccc32)c1. The molecule has 1 unspecified atom stereocenters. The zero-order chi connectivity index (χ0) is 27.8. The first-order valence-corrected chi connectivity index (χ1v) is 13.6. The van der Waals surface area contributed by atoms with Crippen LogP contribution in [0.1, 0.15) is 81.7 Å². The third kappa shape index (κ3) is 6.84. The van der Waals surface area contributed by atoms with Crippen LogP contribution >= 0.6 is 0 Å². The number of hydrogen-bond donors (Lipinski definition) is 0. The maximum atomic E-state index is 13.6. The van der Waals surface area contributed by atoms with Gasteiger partial charge >= 0.3 is 12.1 Å². The number of carbonyl (C=O) groups excluding carboxylic acids is 1. The molecular weight excluding hydrogens is 507 g/mol. The van der Waals surface area contributed by atoms with Gasteiger partial charge in [0, 0.05) is 7.05 Å². The lowest BCUT2D eigenvalue weighted by atomic mass is 9.87. The van der Waals surface area contributed by atoms with Gasteiger partial charge in [-0.25, -0.2) is 13.2 Å². The Morgan fingerprint density at radius 3 is 2.41 bits per heavy atom. The Hall–Kier alpha value is -2.59. The number of sulfonamides is 1. The topological polar surface area (TPSA) is 72.9 Å². The minimum atomic E-state index is -4.68. The Morgan fingerprint density at radius 2 is 1.81 bits per heavy atom. The molecule has 0 saturated carbocycles. The summed E-state index contributed by atoms with van der Waals surface area (Å²) in [4.78, 5) is 11.7. The van der Waals surface area contributed by atoms with Crippen molar-refractivity contribution in [3.05, 3.63) is 58.7 Å². The molecule has 0 radical (unpaired) electrons. The lowest BCUT2D eigenvalue weighted by molar-refractivity contribution is -0.157. The van der Waals surface area contributed by atoms with E-state index in [0.29, 0.717) is 42.2 Å². The van der Waals surface area contributed by atoms with E-state index < -0.39 is 44.3 Å². The van der Waals surface area contributed by atoms with Crippen LogP contribution in [0, 0.1) is 0 Å². The molecule has 10 heteroatoms. The summed E-state index contributed by atoms with van der Waals surface area (Å²) in [6.07, 6.45) is -2.92. The first kappa shape index (κ1) is 29.0. The summed E-state index contributed by atoms with van der Waals surface area (Å²) in [6, 6.07) is 7.61. The average molecular weight is 542 g/mol. The number of halogens is 3. The summed E-state index contributed by atoms with van der Waals surface area (Å²) in [7, 11) is -2.87. The maximum absolute atomic E-state index is 13.6. The molecule has 6 nitrogen and oxygen atoms in total. The molecule has 0 heterocycles. The van der Waals surface area contributed by atoms with Crippen molar-refractivity contribution in [2.75, 3.05) is 13.7 Å². The number of esters is 1. The molecule has 2 aromatic rings. The van der Waals surface area contributed by atoms with Crippen LogP contribution in [0.15, 0.2) is 41.3 Å². The molecule has 0 saturated heterocycles. The second-order valence-electron chi connectivity index (χ2n) is 10.6. The summed E-state index contributed by atoms with van der Waals surface area (Å²) >= 11 is 0. The smallest absolute Gasteiger partial charge is 0.416 e. The molecule has 0 bridgehead atoms. The summed E-state index contributed by atoms with van der Waals surface area (Å²) in [5, 5.41) is 0. The Morgan fingerprint density at radius 1 is 1.14 bits per heavy atom. The molecule has 0 amide bonds. The average Bonchev–Trinajstić information content (AvgIpc) is 2.79. The van der Waals surface area contributed by atoms with Crippen molar-refractivity contribution in [2.45, 2.75) is 82.5 Å². The van der Waals surface area contributed by atoms with E-state index >= 15 is 0 Å². The number of fused-ring (bicyclic) bond motifs is 1. The highest BCUT2D eigenvalue weighted by atomic mass is 32.2. The van der Waals surface area contributed by atoms with Crippen molar-refractivity contribution in [1.82, 2.24) is 4.31 Å². The highest BCUT2D eigenvalue weighted by Gasteiger charge is 2.37.